The molecule has 0 radical (unpaired) electrons. The summed E-state index contributed by atoms with van der Waals surface area (Å²) in [6.07, 6.45) is 0.962. The highest BCUT2D eigenvalue weighted by atomic mass is 35.5. The molecule has 0 saturated carbocycles. The number of nitrogens with one attached hydrogen (secondary N) is 3. The number of rotatable bonds is 6. The summed E-state index contributed by atoms with van der Waals surface area (Å²) < 4.78 is 0. The van der Waals surface area contributed by atoms with Crippen LogP contribution in [0, 0.1) is 12.8 Å². The lowest BCUT2D eigenvalue weighted by Crippen LogP contribution is -2.58. The maximum atomic E-state index is 12.8. The number of hydrogen-bond donors (Lipinski definition) is 3. The molecule has 0 unspecified atom stereocenters. The van der Waals surface area contributed by atoms with Crippen molar-refractivity contribution in [3.63, 3.8) is 0 Å². The number of halogens is 1. The van der Waals surface area contributed by atoms with E-state index in [2.05, 4.69) is 21.2 Å². The largest absolute Gasteiger partial charge is 0.335 e. The fourth-order valence-electron chi connectivity index (χ4n) is 3.40. The van der Waals surface area contributed by atoms with E-state index in [0.29, 0.717) is 22.0 Å². The molecule has 3 aromatic rings. The number of aryl methyl sites for hydroxylation is 1. The summed E-state index contributed by atoms with van der Waals surface area (Å²) in [5.74, 6) is -4.01. The molecular weight excluding hydrogens is 498 g/mol. The molecule has 3 N–H and O–H groups in total. The van der Waals surface area contributed by atoms with Gasteiger partial charge >= 0.3 is 6.03 Å². The quantitative estimate of drug-likeness (QED) is 0.261. The number of imide groups is 2. The maximum absolute atomic E-state index is 12.8. The lowest BCUT2D eigenvalue weighted by Gasteiger charge is -2.28. The summed E-state index contributed by atoms with van der Waals surface area (Å²) >= 11 is 5.83. The molecule has 1 heterocycles. The van der Waals surface area contributed by atoms with Gasteiger partial charge in [-0.25, -0.2) is 15.1 Å². The number of anilines is 2. The van der Waals surface area contributed by atoms with Gasteiger partial charge in [0, 0.05) is 28.1 Å². The third-order valence-corrected chi connectivity index (χ3v) is 5.65. The van der Waals surface area contributed by atoms with Gasteiger partial charge in [0.2, 0.25) is 5.91 Å². The van der Waals surface area contributed by atoms with Gasteiger partial charge in [-0.1, -0.05) is 29.3 Å². The van der Waals surface area contributed by atoms with Gasteiger partial charge in [-0.15, -0.1) is 0 Å². The third kappa shape index (κ3) is 5.88. The molecule has 1 fully saturated rings. The first kappa shape index (κ1) is 25.3. The Morgan fingerprint density at radius 3 is 2.14 bits per heavy atom. The minimum atomic E-state index is -1.41. The first-order valence-electron chi connectivity index (χ1n) is 11.0. The highest BCUT2D eigenvalue weighted by Gasteiger charge is 2.40. The standard InChI is InChI=1S/C26H20ClN5O5/c1-15-2-12-20(13-3-15)32-25(36)21(24(35)30-26(32)37)14-28-31-23(34)17-6-10-19(11-7-17)29-22(33)16-4-8-18(27)9-5-16/h2-14,21H,1H3,(H,29,33)(H,31,34)(H,30,35,37)/b28-14-/t21-/m1/s1. The molecule has 11 heteroatoms. The first-order chi connectivity index (χ1) is 17.7. The Balaban J connectivity index is 1.37. The molecular formula is C26H20ClN5O5. The number of nitrogens with zero attached hydrogens (tertiary/aromatic N) is 2. The number of amides is 6. The van der Waals surface area contributed by atoms with Gasteiger partial charge in [0.05, 0.1) is 5.69 Å². The van der Waals surface area contributed by atoms with Crippen molar-refractivity contribution in [3.05, 3.63) is 94.5 Å². The summed E-state index contributed by atoms with van der Waals surface area (Å²) in [5.41, 5.74) is 4.58. The summed E-state index contributed by atoms with van der Waals surface area (Å²) in [5, 5.41) is 9.06. The van der Waals surface area contributed by atoms with E-state index in [4.69, 9.17) is 11.6 Å². The molecule has 37 heavy (non-hydrogen) atoms. The lowest BCUT2D eigenvalue weighted by atomic mass is 10.1. The zero-order valence-corrected chi connectivity index (χ0v) is 20.2. The number of carbonyl (C=O) groups excluding carboxylic acids is 5. The molecule has 3 aromatic carbocycles. The average Bonchev–Trinajstić information content (AvgIpc) is 2.87. The number of urea groups is 1. The smallest absolute Gasteiger partial charge is 0.322 e. The lowest BCUT2D eigenvalue weighted by molar-refractivity contribution is -0.131. The van der Waals surface area contributed by atoms with E-state index >= 15 is 0 Å². The normalized spacial score (nSPS) is 15.5. The van der Waals surface area contributed by atoms with Crippen molar-refractivity contribution < 1.29 is 24.0 Å². The Morgan fingerprint density at radius 2 is 1.49 bits per heavy atom. The van der Waals surface area contributed by atoms with Gasteiger partial charge in [0.1, 0.15) is 0 Å². The molecule has 0 spiro atoms. The van der Waals surface area contributed by atoms with Crippen LogP contribution in [0.1, 0.15) is 26.3 Å². The van der Waals surface area contributed by atoms with Crippen molar-refractivity contribution in [2.75, 3.05) is 10.2 Å². The predicted molar refractivity (Wildman–Crippen MR) is 137 cm³/mol. The number of barbiturate groups is 1. The summed E-state index contributed by atoms with van der Waals surface area (Å²) in [7, 11) is 0. The zero-order valence-electron chi connectivity index (χ0n) is 19.4. The average molecular weight is 518 g/mol. The van der Waals surface area contributed by atoms with Gasteiger partial charge < -0.3 is 5.32 Å². The molecule has 1 aliphatic rings. The van der Waals surface area contributed by atoms with Crippen LogP contribution in [0.5, 0.6) is 0 Å². The summed E-state index contributed by atoms with van der Waals surface area (Å²) in [6, 6.07) is 18.2. The number of benzene rings is 3. The topological polar surface area (TPSA) is 137 Å². The molecule has 6 amide bonds. The Kier molecular flexibility index (Phi) is 7.40. The van der Waals surface area contributed by atoms with Crippen LogP contribution < -0.4 is 21.0 Å². The fourth-order valence-corrected chi connectivity index (χ4v) is 3.53. The molecule has 186 valence electrons. The highest BCUT2D eigenvalue weighted by molar-refractivity contribution is 6.32. The van der Waals surface area contributed by atoms with E-state index in [1.165, 1.54) is 24.3 Å². The molecule has 10 nitrogen and oxygen atoms in total. The first-order valence-corrected chi connectivity index (χ1v) is 11.4. The molecule has 0 aliphatic carbocycles. The second-order valence-corrected chi connectivity index (χ2v) is 8.48. The summed E-state index contributed by atoms with van der Waals surface area (Å²) in [6.45, 7) is 1.86. The second-order valence-electron chi connectivity index (χ2n) is 8.04. The third-order valence-electron chi connectivity index (χ3n) is 5.40. The van der Waals surface area contributed by atoms with E-state index in [1.807, 2.05) is 6.92 Å². The molecule has 1 saturated heterocycles. The van der Waals surface area contributed by atoms with Crippen LogP contribution in [-0.4, -0.2) is 35.9 Å². The molecule has 1 aliphatic heterocycles. The SMILES string of the molecule is Cc1ccc(N2C(=O)NC(=O)[C@@H](/C=N\NC(=O)c3ccc(NC(=O)c4ccc(Cl)cc4)cc3)C2=O)cc1. The van der Waals surface area contributed by atoms with E-state index < -0.39 is 29.7 Å². The molecule has 0 aromatic heterocycles. The second kappa shape index (κ2) is 10.8. The molecule has 1 atom stereocenters. The van der Waals surface area contributed by atoms with Crippen LogP contribution in [-0.2, 0) is 9.59 Å². The predicted octanol–water partition coefficient (Wildman–Crippen LogP) is 3.52. The van der Waals surface area contributed by atoms with Crippen LogP contribution in [0.4, 0.5) is 16.2 Å². The monoisotopic (exact) mass is 517 g/mol. The van der Waals surface area contributed by atoms with Gasteiger partial charge in [0.25, 0.3) is 17.7 Å². The van der Waals surface area contributed by atoms with Crippen molar-refractivity contribution in [3.8, 4) is 0 Å². The van der Waals surface area contributed by atoms with Crippen molar-refractivity contribution in [2.45, 2.75) is 6.92 Å². The van der Waals surface area contributed by atoms with Crippen molar-refractivity contribution in [2.24, 2.45) is 11.0 Å². The van der Waals surface area contributed by atoms with Gasteiger partial charge in [0.15, 0.2) is 5.92 Å². The van der Waals surface area contributed by atoms with Crippen molar-refractivity contribution in [1.29, 1.82) is 0 Å². The van der Waals surface area contributed by atoms with Crippen LogP contribution in [0.15, 0.2) is 77.9 Å². The number of hydrogen-bond acceptors (Lipinski definition) is 6. The fraction of sp³-hybridized carbons (Fsp3) is 0.0769. The van der Waals surface area contributed by atoms with Crippen molar-refractivity contribution >= 4 is 58.9 Å². The summed E-state index contributed by atoms with van der Waals surface area (Å²) in [4.78, 5) is 62.8. The van der Waals surface area contributed by atoms with Crippen LogP contribution in [0.25, 0.3) is 0 Å². The van der Waals surface area contributed by atoms with Gasteiger partial charge in [-0.05, 0) is 67.6 Å². The Labute approximate surface area is 216 Å². The zero-order chi connectivity index (χ0) is 26.5. The van der Waals surface area contributed by atoms with Crippen LogP contribution >= 0.6 is 11.6 Å². The minimum Gasteiger partial charge on any atom is -0.322 e. The number of hydrazone groups is 1. The highest BCUT2D eigenvalue weighted by Crippen LogP contribution is 2.20. The minimum absolute atomic E-state index is 0.220. The van der Waals surface area contributed by atoms with Crippen LogP contribution in [0.3, 0.4) is 0 Å². The number of carbonyl (C=O) groups is 5. The molecule has 4 rings (SSSR count). The Hall–Kier alpha value is -4.83. The Morgan fingerprint density at radius 1 is 0.892 bits per heavy atom. The van der Waals surface area contributed by atoms with E-state index in [9.17, 15) is 24.0 Å². The van der Waals surface area contributed by atoms with Crippen LogP contribution in [0.2, 0.25) is 5.02 Å². The van der Waals surface area contributed by atoms with Crippen molar-refractivity contribution in [1.82, 2.24) is 10.7 Å². The maximum Gasteiger partial charge on any atom is 0.335 e. The van der Waals surface area contributed by atoms with E-state index in [0.717, 1.165) is 16.7 Å². The van der Waals surface area contributed by atoms with E-state index in [1.54, 1.807) is 48.5 Å². The Bertz CT molecular complexity index is 1400. The molecule has 0 bridgehead atoms. The van der Waals surface area contributed by atoms with Gasteiger partial charge in [-0.2, -0.15) is 5.10 Å². The van der Waals surface area contributed by atoms with E-state index in [-0.39, 0.29) is 11.5 Å². The van der Waals surface area contributed by atoms with Gasteiger partial charge in [-0.3, -0.25) is 24.5 Å².